The summed E-state index contributed by atoms with van der Waals surface area (Å²) in [5, 5.41) is 0. The number of fused-ring (bicyclic) bond motifs is 1. The third-order valence-corrected chi connectivity index (χ3v) is 6.30. The summed E-state index contributed by atoms with van der Waals surface area (Å²) in [5.41, 5.74) is 0.902. The van der Waals surface area contributed by atoms with E-state index in [4.69, 9.17) is 14.2 Å². The van der Waals surface area contributed by atoms with E-state index in [0.29, 0.717) is 32.6 Å². The first-order chi connectivity index (χ1) is 15.2. The first kappa shape index (κ1) is 22.7. The van der Waals surface area contributed by atoms with Crippen LogP contribution in [0.3, 0.4) is 0 Å². The smallest absolute Gasteiger partial charge is 0.394 e. The van der Waals surface area contributed by atoms with E-state index in [1.807, 2.05) is 38.1 Å². The number of benzene rings is 2. The summed E-state index contributed by atoms with van der Waals surface area (Å²) < 4.78 is 44.3. The van der Waals surface area contributed by atoms with Crippen molar-refractivity contribution in [2.45, 2.75) is 76.8 Å². The third kappa shape index (κ3) is 4.96. The molecule has 1 saturated carbocycles. The number of carbonyl (C=O) groups is 1. The molecule has 4 rings (SSSR count). The lowest BCUT2D eigenvalue weighted by molar-refractivity contribution is -0.159. The van der Waals surface area contributed by atoms with E-state index in [-0.39, 0.29) is 40.8 Å². The van der Waals surface area contributed by atoms with Crippen LogP contribution in [0.4, 0.5) is 8.78 Å². The Morgan fingerprint density at radius 3 is 2.44 bits per heavy atom. The maximum atomic E-state index is 13.4. The minimum atomic E-state index is -3.35. The Morgan fingerprint density at radius 1 is 1.09 bits per heavy atom. The Hall–Kier alpha value is -2.47. The second kappa shape index (κ2) is 8.81. The van der Waals surface area contributed by atoms with Crippen molar-refractivity contribution in [3.05, 3.63) is 59.7 Å². The van der Waals surface area contributed by atoms with Gasteiger partial charge in [-0.05, 0) is 57.7 Å². The first-order valence-electron chi connectivity index (χ1n) is 11.3. The van der Waals surface area contributed by atoms with E-state index in [0.717, 1.165) is 17.7 Å². The second-order valence-electron chi connectivity index (χ2n) is 9.25. The molecule has 0 amide bonds. The van der Waals surface area contributed by atoms with Crippen LogP contribution in [0.5, 0.6) is 11.5 Å². The van der Waals surface area contributed by atoms with Crippen LogP contribution in [0.1, 0.15) is 74.9 Å². The summed E-state index contributed by atoms with van der Waals surface area (Å²) in [6, 6.07) is 14.2. The predicted molar refractivity (Wildman–Crippen MR) is 117 cm³/mol. The largest absolute Gasteiger partial charge is 0.487 e. The van der Waals surface area contributed by atoms with Crippen LogP contribution in [0, 0.1) is 5.92 Å². The number of ether oxygens (including phenoxy) is 3. The van der Waals surface area contributed by atoms with Gasteiger partial charge in [0.25, 0.3) is 0 Å². The van der Waals surface area contributed by atoms with Crippen LogP contribution < -0.4 is 9.47 Å². The topological polar surface area (TPSA) is 44.8 Å². The molecule has 2 aliphatic rings. The Labute approximate surface area is 187 Å². The van der Waals surface area contributed by atoms with E-state index < -0.39 is 6.11 Å². The predicted octanol–water partition coefficient (Wildman–Crippen LogP) is 6.74. The number of Topliss-reactive ketones (excluding diaryl/α,β-unsaturated/α-hetero) is 1. The van der Waals surface area contributed by atoms with Gasteiger partial charge in [-0.1, -0.05) is 30.3 Å². The third-order valence-electron chi connectivity index (χ3n) is 6.30. The molecular formula is C26H30F2O4. The molecular weight excluding hydrogens is 414 g/mol. The van der Waals surface area contributed by atoms with Crippen molar-refractivity contribution in [3.63, 3.8) is 0 Å². The molecule has 4 nitrogen and oxygen atoms in total. The van der Waals surface area contributed by atoms with Crippen molar-refractivity contribution in [1.82, 2.24) is 0 Å². The number of ketones is 1. The number of alkyl halides is 2. The molecule has 1 atom stereocenters. The Balaban J connectivity index is 1.49. The molecule has 1 fully saturated rings. The van der Waals surface area contributed by atoms with Crippen molar-refractivity contribution >= 4 is 5.78 Å². The summed E-state index contributed by atoms with van der Waals surface area (Å²) >= 11 is 0. The van der Waals surface area contributed by atoms with Gasteiger partial charge in [0, 0.05) is 24.8 Å². The molecule has 1 aliphatic carbocycles. The number of rotatable bonds is 6. The molecule has 32 heavy (non-hydrogen) atoms. The van der Waals surface area contributed by atoms with Crippen molar-refractivity contribution < 1.29 is 27.8 Å². The molecule has 172 valence electrons. The summed E-state index contributed by atoms with van der Waals surface area (Å²) in [7, 11) is 0. The van der Waals surface area contributed by atoms with Gasteiger partial charge in [0.05, 0.1) is 17.8 Å². The summed E-state index contributed by atoms with van der Waals surface area (Å²) in [4.78, 5) is 13.2. The summed E-state index contributed by atoms with van der Waals surface area (Å²) in [6.07, 6.45) is 0.124. The molecule has 2 aromatic carbocycles. The Kier molecular flexibility index (Phi) is 6.26. The molecule has 2 aromatic rings. The van der Waals surface area contributed by atoms with Crippen molar-refractivity contribution in [2.24, 2.45) is 5.92 Å². The second-order valence-corrected chi connectivity index (χ2v) is 9.25. The normalized spacial score (nSPS) is 25.3. The quantitative estimate of drug-likeness (QED) is 0.463. The van der Waals surface area contributed by atoms with Gasteiger partial charge in [-0.3, -0.25) is 4.79 Å². The number of hydrogen-bond acceptors (Lipinski definition) is 4. The first-order valence-corrected chi connectivity index (χ1v) is 11.3. The van der Waals surface area contributed by atoms with Gasteiger partial charge in [-0.15, -0.1) is 0 Å². The van der Waals surface area contributed by atoms with Gasteiger partial charge in [0.2, 0.25) is 0 Å². The van der Waals surface area contributed by atoms with Crippen molar-refractivity contribution in [1.29, 1.82) is 0 Å². The minimum Gasteiger partial charge on any atom is -0.487 e. The van der Waals surface area contributed by atoms with Gasteiger partial charge in [-0.2, -0.15) is 8.78 Å². The number of hydrogen-bond donors (Lipinski definition) is 0. The highest BCUT2D eigenvalue weighted by Crippen LogP contribution is 2.49. The standard InChI is InChI=1S/C26H30F2O4/c1-17(2)30-23-16-26(32-21-10-6-4-8-19(21)23)14-12-18(13-15-26)24(29)20-9-5-7-11-22(20)31-25(3,27)28/h4-11,17-18,23H,12-16H2,1-3H3. The highest BCUT2D eigenvalue weighted by molar-refractivity contribution is 6.00. The summed E-state index contributed by atoms with van der Waals surface area (Å²) in [5.74, 6) is 0.378. The van der Waals surface area contributed by atoms with Crippen molar-refractivity contribution in [3.8, 4) is 11.5 Å². The fourth-order valence-corrected chi connectivity index (χ4v) is 4.90. The molecule has 0 bridgehead atoms. The minimum absolute atomic E-state index is 0.0480. The van der Waals surface area contributed by atoms with E-state index in [1.165, 1.54) is 6.07 Å². The Bertz CT molecular complexity index is 958. The lowest BCUT2D eigenvalue weighted by Crippen LogP contribution is -2.45. The van der Waals surface area contributed by atoms with Gasteiger partial charge in [0.1, 0.15) is 17.1 Å². The van der Waals surface area contributed by atoms with Gasteiger partial charge in [-0.25, -0.2) is 0 Å². The van der Waals surface area contributed by atoms with Crippen LogP contribution in [0.2, 0.25) is 0 Å². The van der Waals surface area contributed by atoms with Gasteiger partial charge < -0.3 is 14.2 Å². The monoisotopic (exact) mass is 444 g/mol. The SMILES string of the molecule is CC(C)OC1CC2(CCC(C(=O)c3ccccc3OC(C)(F)F)CC2)Oc2ccccc21. The number of carbonyl (C=O) groups excluding carboxylic acids is 1. The lowest BCUT2D eigenvalue weighted by atomic mass is 9.72. The van der Waals surface area contributed by atoms with E-state index >= 15 is 0 Å². The van der Waals surface area contributed by atoms with Crippen LogP contribution in [-0.2, 0) is 4.74 Å². The molecule has 1 spiro atoms. The van der Waals surface area contributed by atoms with E-state index in [9.17, 15) is 13.6 Å². The number of halogens is 2. The molecule has 0 N–H and O–H groups in total. The molecule has 0 saturated heterocycles. The molecule has 1 unspecified atom stereocenters. The summed E-state index contributed by atoms with van der Waals surface area (Å²) in [6.45, 7) is 4.73. The maximum Gasteiger partial charge on any atom is 0.394 e. The molecule has 1 heterocycles. The van der Waals surface area contributed by atoms with E-state index in [1.54, 1.807) is 18.2 Å². The average Bonchev–Trinajstić information content (AvgIpc) is 2.73. The highest BCUT2D eigenvalue weighted by atomic mass is 19.3. The number of para-hydroxylation sites is 2. The fraction of sp³-hybridized carbons (Fsp3) is 0.500. The van der Waals surface area contributed by atoms with E-state index in [2.05, 4.69) is 0 Å². The van der Waals surface area contributed by atoms with Crippen LogP contribution >= 0.6 is 0 Å². The fourth-order valence-electron chi connectivity index (χ4n) is 4.90. The molecule has 1 aliphatic heterocycles. The van der Waals surface area contributed by atoms with Gasteiger partial charge in [0.15, 0.2) is 5.78 Å². The molecule has 6 heteroatoms. The molecule has 0 radical (unpaired) electrons. The zero-order valence-corrected chi connectivity index (χ0v) is 18.8. The van der Waals surface area contributed by atoms with Crippen molar-refractivity contribution in [2.75, 3.05) is 0 Å². The maximum absolute atomic E-state index is 13.4. The van der Waals surface area contributed by atoms with Crippen LogP contribution in [-0.4, -0.2) is 23.6 Å². The van der Waals surface area contributed by atoms with Crippen LogP contribution in [0.25, 0.3) is 0 Å². The average molecular weight is 445 g/mol. The molecule has 0 aromatic heterocycles. The Morgan fingerprint density at radius 2 is 1.75 bits per heavy atom. The zero-order valence-electron chi connectivity index (χ0n) is 18.8. The highest BCUT2D eigenvalue weighted by Gasteiger charge is 2.45. The lowest BCUT2D eigenvalue weighted by Gasteiger charge is -2.46. The zero-order chi connectivity index (χ0) is 22.9. The van der Waals surface area contributed by atoms with Crippen LogP contribution in [0.15, 0.2) is 48.5 Å². The van der Waals surface area contributed by atoms with Gasteiger partial charge >= 0.3 is 6.11 Å².